The Morgan fingerprint density at radius 1 is 1.35 bits per heavy atom. The molecule has 1 fully saturated rings. The van der Waals surface area contributed by atoms with Crippen LogP contribution in [0.15, 0.2) is 22.8 Å². The molecule has 1 aliphatic rings. The number of halogens is 1. The minimum atomic E-state index is 0.518. The predicted octanol–water partition coefficient (Wildman–Crippen LogP) is 2.30. The van der Waals surface area contributed by atoms with Crippen molar-refractivity contribution >= 4 is 21.6 Å². The number of nitrogens with zero attached hydrogens (tertiary/aromatic N) is 4. The number of fused-ring (bicyclic) bond motifs is 1. The Balaban J connectivity index is 1.90. The predicted molar refractivity (Wildman–Crippen MR) is 70.2 cm³/mol. The van der Waals surface area contributed by atoms with Gasteiger partial charge < -0.3 is 4.90 Å². The summed E-state index contributed by atoms with van der Waals surface area (Å²) in [6.45, 7) is 2.29. The molecule has 2 aromatic heterocycles. The van der Waals surface area contributed by atoms with Gasteiger partial charge in [0.25, 0.3) is 0 Å². The van der Waals surface area contributed by atoms with Crippen molar-refractivity contribution in [3.8, 4) is 0 Å². The second kappa shape index (κ2) is 4.38. The van der Waals surface area contributed by atoms with Crippen LogP contribution in [0.2, 0.25) is 0 Å². The van der Waals surface area contributed by atoms with Gasteiger partial charge in [-0.05, 0) is 45.1 Å². The maximum Gasteiger partial charge on any atom is 0.156 e. The van der Waals surface area contributed by atoms with E-state index in [9.17, 15) is 0 Å². The van der Waals surface area contributed by atoms with Crippen molar-refractivity contribution in [1.82, 2.24) is 19.5 Å². The minimum Gasteiger partial charge on any atom is -0.306 e. The number of hydrogen-bond donors (Lipinski definition) is 0. The van der Waals surface area contributed by atoms with E-state index in [-0.39, 0.29) is 0 Å². The molecule has 2 aromatic rings. The lowest BCUT2D eigenvalue weighted by molar-refractivity contribution is 0.251. The van der Waals surface area contributed by atoms with Crippen molar-refractivity contribution in [2.45, 2.75) is 18.8 Å². The van der Waals surface area contributed by atoms with Crippen molar-refractivity contribution in [3.05, 3.63) is 28.6 Å². The molecule has 0 radical (unpaired) electrons. The molecule has 0 amide bonds. The van der Waals surface area contributed by atoms with E-state index in [1.54, 1.807) is 0 Å². The molecule has 1 saturated heterocycles. The smallest absolute Gasteiger partial charge is 0.156 e. The van der Waals surface area contributed by atoms with E-state index in [2.05, 4.69) is 38.0 Å². The largest absolute Gasteiger partial charge is 0.306 e. The van der Waals surface area contributed by atoms with Crippen molar-refractivity contribution in [2.24, 2.45) is 0 Å². The molecule has 0 aliphatic carbocycles. The van der Waals surface area contributed by atoms with Gasteiger partial charge in [0.15, 0.2) is 11.5 Å². The summed E-state index contributed by atoms with van der Waals surface area (Å²) in [6, 6.07) is 3.99. The molecule has 5 heteroatoms. The molecular formula is C12H15BrN4. The van der Waals surface area contributed by atoms with Crippen LogP contribution in [0, 0.1) is 0 Å². The summed E-state index contributed by atoms with van der Waals surface area (Å²) in [6.07, 6.45) is 4.27. The summed E-state index contributed by atoms with van der Waals surface area (Å²) >= 11 is 3.46. The summed E-state index contributed by atoms with van der Waals surface area (Å²) in [5.74, 6) is 1.51. The molecule has 3 heterocycles. The minimum absolute atomic E-state index is 0.518. The first-order valence-electron chi connectivity index (χ1n) is 5.93. The quantitative estimate of drug-likeness (QED) is 0.809. The monoisotopic (exact) mass is 294 g/mol. The fourth-order valence-corrected chi connectivity index (χ4v) is 2.64. The lowest BCUT2D eigenvalue weighted by atomic mass is 9.97. The highest BCUT2D eigenvalue weighted by Crippen LogP contribution is 2.25. The fourth-order valence-electron chi connectivity index (χ4n) is 2.31. The van der Waals surface area contributed by atoms with Crippen LogP contribution >= 0.6 is 15.9 Å². The van der Waals surface area contributed by atoms with Gasteiger partial charge in [-0.3, -0.25) is 0 Å². The summed E-state index contributed by atoms with van der Waals surface area (Å²) in [7, 11) is 2.17. The second-order valence-corrected chi connectivity index (χ2v) is 5.61. The molecule has 0 saturated carbocycles. The number of aromatic nitrogens is 3. The van der Waals surface area contributed by atoms with Crippen LogP contribution < -0.4 is 0 Å². The molecule has 90 valence electrons. The fraction of sp³-hybridized carbons (Fsp3) is 0.500. The number of likely N-dealkylation sites (tertiary alicyclic amines) is 1. The van der Waals surface area contributed by atoms with Crippen LogP contribution in [0.1, 0.15) is 24.6 Å². The number of rotatable bonds is 1. The van der Waals surface area contributed by atoms with Gasteiger partial charge in [0.2, 0.25) is 0 Å². The summed E-state index contributed by atoms with van der Waals surface area (Å²) in [5.41, 5.74) is 0.924. The molecule has 0 atom stereocenters. The normalized spacial score (nSPS) is 18.9. The van der Waals surface area contributed by atoms with Crippen molar-refractivity contribution in [3.63, 3.8) is 0 Å². The van der Waals surface area contributed by atoms with Crippen LogP contribution in [-0.2, 0) is 0 Å². The second-order valence-electron chi connectivity index (χ2n) is 4.70. The maximum atomic E-state index is 4.63. The first kappa shape index (κ1) is 11.2. The zero-order valence-corrected chi connectivity index (χ0v) is 11.4. The van der Waals surface area contributed by atoms with Gasteiger partial charge in [-0.25, -0.2) is 9.50 Å². The average molecular weight is 295 g/mol. The zero-order valence-electron chi connectivity index (χ0n) is 9.80. The molecule has 0 bridgehead atoms. The van der Waals surface area contributed by atoms with Crippen LogP contribution in [0.3, 0.4) is 0 Å². The molecule has 4 nitrogen and oxygen atoms in total. The molecule has 0 spiro atoms. The van der Waals surface area contributed by atoms with Gasteiger partial charge in [-0.1, -0.05) is 15.9 Å². The number of hydrogen-bond acceptors (Lipinski definition) is 3. The third-order valence-electron chi connectivity index (χ3n) is 3.40. The van der Waals surface area contributed by atoms with Crippen molar-refractivity contribution in [1.29, 1.82) is 0 Å². The van der Waals surface area contributed by atoms with Gasteiger partial charge in [-0.2, -0.15) is 5.10 Å². The highest BCUT2D eigenvalue weighted by Gasteiger charge is 2.22. The van der Waals surface area contributed by atoms with Gasteiger partial charge in [0.1, 0.15) is 0 Å². The first-order chi connectivity index (χ1) is 8.22. The van der Waals surface area contributed by atoms with Gasteiger partial charge >= 0.3 is 0 Å². The van der Waals surface area contributed by atoms with Gasteiger partial charge in [-0.15, -0.1) is 0 Å². The Kier molecular flexibility index (Phi) is 2.88. The van der Waals surface area contributed by atoms with E-state index in [1.807, 2.05) is 22.8 Å². The Morgan fingerprint density at radius 3 is 2.88 bits per heavy atom. The molecule has 0 N–H and O–H groups in total. The first-order valence-corrected chi connectivity index (χ1v) is 6.72. The highest BCUT2D eigenvalue weighted by molar-refractivity contribution is 9.10. The summed E-state index contributed by atoms with van der Waals surface area (Å²) < 4.78 is 2.91. The summed E-state index contributed by atoms with van der Waals surface area (Å²) in [4.78, 5) is 6.99. The molecular weight excluding hydrogens is 280 g/mol. The van der Waals surface area contributed by atoms with E-state index in [1.165, 1.54) is 0 Å². The van der Waals surface area contributed by atoms with Gasteiger partial charge in [0, 0.05) is 16.6 Å². The molecule has 1 aliphatic heterocycles. The lowest BCUT2D eigenvalue weighted by Gasteiger charge is -2.26. The van der Waals surface area contributed by atoms with Crippen molar-refractivity contribution < 1.29 is 0 Å². The van der Waals surface area contributed by atoms with E-state index in [4.69, 9.17) is 0 Å². The highest BCUT2D eigenvalue weighted by atomic mass is 79.9. The lowest BCUT2D eigenvalue weighted by Crippen LogP contribution is -2.29. The van der Waals surface area contributed by atoms with Crippen LogP contribution in [0.4, 0.5) is 0 Å². The summed E-state index contributed by atoms with van der Waals surface area (Å²) in [5, 5.41) is 4.57. The Hall–Kier alpha value is -0.940. The third-order valence-corrected chi connectivity index (χ3v) is 3.89. The van der Waals surface area contributed by atoms with Crippen LogP contribution in [-0.4, -0.2) is 39.6 Å². The number of piperidine rings is 1. The molecule has 0 unspecified atom stereocenters. The van der Waals surface area contributed by atoms with Crippen molar-refractivity contribution in [2.75, 3.05) is 20.1 Å². The van der Waals surface area contributed by atoms with E-state index >= 15 is 0 Å². The van der Waals surface area contributed by atoms with E-state index in [0.29, 0.717) is 5.92 Å². The Morgan fingerprint density at radius 2 is 2.12 bits per heavy atom. The topological polar surface area (TPSA) is 33.4 Å². The molecule has 3 rings (SSSR count). The van der Waals surface area contributed by atoms with Crippen LogP contribution in [0.25, 0.3) is 5.65 Å². The van der Waals surface area contributed by atoms with E-state index < -0.39 is 0 Å². The zero-order chi connectivity index (χ0) is 11.8. The van der Waals surface area contributed by atoms with E-state index in [0.717, 1.165) is 41.9 Å². The van der Waals surface area contributed by atoms with Gasteiger partial charge in [0.05, 0.1) is 0 Å². The molecule has 17 heavy (non-hydrogen) atoms. The Labute approximate surface area is 109 Å². The number of pyridine rings is 1. The standard InChI is InChI=1S/C12H15BrN4/c1-16-5-2-9(3-6-16)12-14-11-8-10(13)4-7-17(11)15-12/h4,7-9H,2-3,5-6H2,1H3. The van der Waals surface area contributed by atoms with Crippen LogP contribution in [0.5, 0.6) is 0 Å². The Bertz CT molecular complexity index is 528. The maximum absolute atomic E-state index is 4.63. The SMILES string of the molecule is CN1CCC(c2nc3cc(Br)ccn3n2)CC1. The molecule has 0 aromatic carbocycles. The third kappa shape index (κ3) is 2.21. The average Bonchev–Trinajstić information content (AvgIpc) is 2.72.